The number of amides is 1. The average molecular weight is 237 g/mol. The van der Waals surface area contributed by atoms with Crippen LogP contribution in [-0.4, -0.2) is 41.5 Å². The average Bonchev–Trinajstić information content (AvgIpc) is 2.71. The fourth-order valence-corrected chi connectivity index (χ4v) is 1.61. The summed E-state index contributed by atoms with van der Waals surface area (Å²) in [6, 6.07) is 5.89. The van der Waals surface area contributed by atoms with Crippen LogP contribution in [0.5, 0.6) is 0 Å². The van der Waals surface area contributed by atoms with Crippen molar-refractivity contribution in [3.8, 4) is 0 Å². The third-order valence-electron chi connectivity index (χ3n) is 2.50. The second kappa shape index (κ2) is 4.42. The number of anilines is 1. The van der Waals surface area contributed by atoms with Gasteiger partial charge in [0.15, 0.2) is 0 Å². The summed E-state index contributed by atoms with van der Waals surface area (Å²) >= 11 is 0. The molecule has 1 aromatic rings. The highest BCUT2D eigenvalue weighted by Crippen LogP contribution is 2.21. The van der Waals surface area contributed by atoms with E-state index in [4.69, 9.17) is 14.9 Å². The van der Waals surface area contributed by atoms with Crippen LogP contribution in [0.4, 0.5) is 10.5 Å². The monoisotopic (exact) mass is 237 g/mol. The Bertz CT molecular complexity index is 442. The number of aliphatic hydroxyl groups is 1. The Morgan fingerprint density at radius 3 is 2.53 bits per heavy atom. The van der Waals surface area contributed by atoms with Crippen LogP contribution >= 0.6 is 0 Å². The summed E-state index contributed by atoms with van der Waals surface area (Å²) in [6.07, 6.45) is -1.06. The van der Waals surface area contributed by atoms with E-state index in [2.05, 4.69) is 0 Å². The van der Waals surface area contributed by atoms with Crippen LogP contribution in [0.3, 0.4) is 0 Å². The van der Waals surface area contributed by atoms with Crippen molar-refractivity contribution < 1.29 is 24.5 Å². The van der Waals surface area contributed by atoms with Gasteiger partial charge in [0.05, 0.1) is 18.7 Å². The zero-order chi connectivity index (χ0) is 12.4. The van der Waals surface area contributed by atoms with E-state index in [0.717, 1.165) is 0 Å². The van der Waals surface area contributed by atoms with Crippen LogP contribution < -0.4 is 4.90 Å². The Morgan fingerprint density at radius 2 is 2.06 bits per heavy atom. The normalized spacial score (nSPS) is 19.2. The van der Waals surface area contributed by atoms with Crippen molar-refractivity contribution in [2.24, 2.45) is 0 Å². The molecule has 2 N–H and O–H groups in total. The van der Waals surface area contributed by atoms with Crippen LogP contribution in [0, 0.1) is 0 Å². The number of rotatable bonds is 3. The summed E-state index contributed by atoms with van der Waals surface area (Å²) in [5.41, 5.74) is 0.705. The van der Waals surface area contributed by atoms with Crippen LogP contribution in [0.2, 0.25) is 0 Å². The van der Waals surface area contributed by atoms with Gasteiger partial charge in [0.25, 0.3) is 0 Å². The van der Waals surface area contributed by atoms with Crippen molar-refractivity contribution in [1.82, 2.24) is 0 Å². The van der Waals surface area contributed by atoms with Crippen LogP contribution in [-0.2, 0) is 4.74 Å². The number of carbonyl (C=O) groups is 2. The molecule has 0 saturated carbocycles. The van der Waals surface area contributed by atoms with Gasteiger partial charge in [-0.2, -0.15) is 0 Å². The number of hydrogen-bond donors (Lipinski definition) is 2. The van der Waals surface area contributed by atoms with Crippen LogP contribution in [0.25, 0.3) is 0 Å². The van der Waals surface area contributed by atoms with E-state index in [1.54, 1.807) is 0 Å². The van der Waals surface area contributed by atoms with Gasteiger partial charge in [-0.05, 0) is 24.3 Å². The maximum atomic E-state index is 11.4. The highest BCUT2D eigenvalue weighted by Gasteiger charge is 2.31. The Balaban J connectivity index is 2.18. The summed E-state index contributed by atoms with van der Waals surface area (Å²) in [7, 11) is 0. The van der Waals surface area contributed by atoms with Gasteiger partial charge in [-0.25, -0.2) is 9.59 Å². The Kier molecular flexibility index (Phi) is 2.97. The molecule has 6 nitrogen and oxygen atoms in total. The minimum absolute atomic E-state index is 0.153. The van der Waals surface area contributed by atoms with Gasteiger partial charge in [0.2, 0.25) is 0 Å². The molecule has 1 aliphatic heterocycles. The molecule has 6 heteroatoms. The Hall–Kier alpha value is -2.08. The number of carboxylic acids is 1. The highest BCUT2D eigenvalue weighted by molar-refractivity contribution is 5.92. The molecule has 1 saturated heterocycles. The molecule has 0 radical (unpaired) electrons. The van der Waals surface area contributed by atoms with E-state index in [9.17, 15) is 9.59 Å². The number of aromatic carboxylic acids is 1. The lowest BCUT2D eigenvalue weighted by atomic mass is 10.2. The number of hydrogen-bond acceptors (Lipinski definition) is 4. The molecule has 2 rings (SSSR count). The molecule has 1 fully saturated rings. The van der Waals surface area contributed by atoms with Gasteiger partial charge < -0.3 is 14.9 Å². The number of aliphatic hydroxyl groups excluding tert-OH is 1. The first-order chi connectivity index (χ1) is 8.11. The summed E-state index contributed by atoms with van der Waals surface area (Å²) in [5, 5.41) is 17.6. The van der Waals surface area contributed by atoms with Crippen molar-refractivity contribution in [3.05, 3.63) is 29.8 Å². The Labute approximate surface area is 97.0 Å². The minimum atomic E-state index is -1.02. The van der Waals surface area contributed by atoms with Gasteiger partial charge >= 0.3 is 12.1 Å². The zero-order valence-corrected chi connectivity index (χ0v) is 8.87. The molecule has 1 atom stereocenters. The van der Waals surface area contributed by atoms with Gasteiger partial charge in [0.1, 0.15) is 6.10 Å². The van der Waals surface area contributed by atoms with Crippen molar-refractivity contribution in [2.75, 3.05) is 18.1 Å². The molecule has 0 aliphatic carbocycles. The van der Waals surface area contributed by atoms with E-state index in [1.165, 1.54) is 29.2 Å². The molecule has 1 aromatic carbocycles. The second-order valence-corrected chi connectivity index (χ2v) is 3.65. The highest BCUT2D eigenvalue weighted by atomic mass is 16.6. The largest absolute Gasteiger partial charge is 0.478 e. The number of ether oxygens (including phenoxy) is 1. The number of carboxylic acid groups (broad SMARTS) is 1. The SMILES string of the molecule is O=C(O)c1ccc(N2CC(CO)OC2=O)cc1. The number of carbonyl (C=O) groups excluding carboxylic acids is 1. The topological polar surface area (TPSA) is 87.1 Å². The van der Waals surface area contributed by atoms with Gasteiger partial charge in [-0.15, -0.1) is 0 Å². The fraction of sp³-hybridized carbons (Fsp3) is 0.273. The molecule has 1 aliphatic rings. The minimum Gasteiger partial charge on any atom is -0.478 e. The third-order valence-corrected chi connectivity index (χ3v) is 2.50. The van der Waals surface area contributed by atoms with Gasteiger partial charge in [-0.1, -0.05) is 0 Å². The van der Waals surface area contributed by atoms with Crippen molar-refractivity contribution in [2.45, 2.75) is 6.10 Å². The molecular formula is C11H11NO5. The standard InChI is InChI=1S/C11H11NO5/c13-6-9-5-12(11(16)17-9)8-3-1-7(2-4-8)10(14)15/h1-4,9,13H,5-6H2,(H,14,15). The van der Waals surface area contributed by atoms with Gasteiger partial charge in [-0.3, -0.25) is 4.90 Å². The predicted octanol–water partition coefficient (Wildman–Crippen LogP) is 0.702. The number of cyclic esters (lactones) is 1. The molecule has 0 spiro atoms. The van der Waals surface area contributed by atoms with Crippen molar-refractivity contribution >= 4 is 17.7 Å². The van der Waals surface area contributed by atoms with E-state index in [1.807, 2.05) is 0 Å². The lowest BCUT2D eigenvalue weighted by molar-refractivity contribution is 0.0697. The first kappa shape index (κ1) is 11.4. The molecule has 0 bridgehead atoms. The molecular weight excluding hydrogens is 226 g/mol. The maximum absolute atomic E-state index is 11.4. The Morgan fingerprint density at radius 1 is 1.41 bits per heavy atom. The molecule has 90 valence electrons. The third kappa shape index (κ3) is 2.21. The molecule has 1 amide bonds. The molecule has 0 aromatic heterocycles. The second-order valence-electron chi connectivity index (χ2n) is 3.65. The van der Waals surface area contributed by atoms with E-state index >= 15 is 0 Å². The lowest BCUT2D eigenvalue weighted by Crippen LogP contribution is -2.25. The predicted molar refractivity (Wildman–Crippen MR) is 58.1 cm³/mol. The van der Waals surface area contributed by atoms with Crippen molar-refractivity contribution in [1.29, 1.82) is 0 Å². The molecule has 17 heavy (non-hydrogen) atoms. The van der Waals surface area contributed by atoms with Crippen LogP contribution in [0.1, 0.15) is 10.4 Å². The summed E-state index contributed by atoms with van der Waals surface area (Å²) in [5.74, 6) is -1.02. The summed E-state index contributed by atoms with van der Waals surface area (Å²) in [6.45, 7) is 0.0389. The van der Waals surface area contributed by atoms with Gasteiger partial charge in [0, 0.05) is 5.69 Å². The zero-order valence-electron chi connectivity index (χ0n) is 8.87. The van der Waals surface area contributed by atoms with E-state index in [-0.39, 0.29) is 18.7 Å². The first-order valence-corrected chi connectivity index (χ1v) is 5.04. The van der Waals surface area contributed by atoms with E-state index < -0.39 is 18.2 Å². The maximum Gasteiger partial charge on any atom is 0.414 e. The van der Waals surface area contributed by atoms with Crippen LogP contribution in [0.15, 0.2) is 24.3 Å². The fourth-order valence-electron chi connectivity index (χ4n) is 1.61. The summed E-state index contributed by atoms with van der Waals surface area (Å²) < 4.78 is 4.88. The number of benzene rings is 1. The lowest BCUT2D eigenvalue weighted by Gasteiger charge is -2.12. The molecule has 1 unspecified atom stereocenters. The quantitative estimate of drug-likeness (QED) is 0.808. The number of nitrogens with zero attached hydrogens (tertiary/aromatic N) is 1. The summed E-state index contributed by atoms with van der Waals surface area (Å²) in [4.78, 5) is 23.5. The smallest absolute Gasteiger partial charge is 0.414 e. The van der Waals surface area contributed by atoms with E-state index in [0.29, 0.717) is 5.69 Å². The van der Waals surface area contributed by atoms with Crippen molar-refractivity contribution in [3.63, 3.8) is 0 Å². The first-order valence-electron chi connectivity index (χ1n) is 5.04. The molecule has 1 heterocycles.